The molecule has 2 aliphatic rings. The summed E-state index contributed by atoms with van der Waals surface area (Å²) >= 11 is 6.33. The fourth-order valence-electron chi connectivity index (χ4n) is 7.49. The molecule has 0 atom stereocenters. The number of aliphatic hydroxyl groups is 2. The molecule has 334 valence electrons. The molecule has 3 aromatic carbocycles. The van der Waals surface area contributed by atoms with Crippen LogP contribution in [0.4, 0.5) is 5.82 Å². The maximum atomic E-state index is 13.4. The van der Waals surface area contributed by atoms with Gasteiger partial charge >= 0.3 is 11.9 Å². The molecule has 9 rings (SSSR count). The van der Waals surface area contributed by atoms with Crippen LogP contribution in [0.5, 0.6) is 0 Å². The largest absolute Gasteiger partial charge is 0.464 e. The molecule has 4 heterocycles. The van der Waals surface area contributed by atoms with Crippen molar-refractivity contribution in [2.24, 2.45) is 5.73 Å². The third-order valence-electron chi connectivity index (χ3n) is 11.0. The molecule has 2 aliphatic carbocycles. The number of methoxy groups -OCH3 is 2. The van der Waals surface area contributed by atoms with Crippen molar-refractivity contribution in [2.45, 2.75) is 80.6 Å². The van der Waals surface area contributed by atoms with Gasteiger partial charge in [-0.2, -0.15) is 0 Å². The lowest BCUT2D eigenvalue weighted by Crippen LogP contribution is -2.28. The number of aliphatic hydroxyl groups excluding tert-OH is 2. The van der Waals surface area contributed by atoms with Gasteiger partial charge in [-0.25, -0.2) is 41.9 Å². The Labute approximate surface area is 374 Å². The van der Waals surface area contributed by atoms with E-state index in [1.807, 2.05) is 36.4 Å². The number of anilines is 1. The number of rotatable bonds is 8. The number of hydrogen-bond donors (Lipinski definition) is 5. The molecular weight excluding hydrogens is 860 g/mol. The number of halogens is 1. The first-order valence-corrected chi connectivity index (χ1v) is 22.6. The van der Waals surface area contributed by atoms with Crippen LogP contribution in [0.3, 0.4) is 0 Å². The Hall–Kier alpha value is -6.24. The van der Waals surface area contributed by atoms with Crippen molar-refractivity contribution in [3.8, 4) is 22.8 Å². The number of nitrogens with two attached hydrogens (primary N) is 1. The van der Waals surface area contributed by atoms with Gasteiger partial charge < -0.3 is 35.7 Å². The second-order valence-corrected chi connectivity index (χ2v) is 17.6. The standard InChI is InChI=1S/C20H14ClN3O4S.C20H22N4O3.C6H13NO/c1-28-20(25)16-12-15-17(21)22-18(13-8-4-2-5-9-13)23-19(15)24(16)29(26,27)14-10-6-3-7-11-14;1-27-20(26)16-11-15-18(21-13-7-9-14(25)10-8-13)23-17(24-19(15)22-16)12-5-3-2-4-6-12;7-5-1-3-6(8)4-2-5/h2-12H,1H3;2-6,11,13-14,25H,7-10H2,1H3,(H2,21,22,23,24);5-6,8H,1-4,7H2. The zero-order valence-corrected chi connectivity index (χ0v) is 36.8. The van der Waals surface area contributed by atoms with Crippen LogP contribution in [0.15, 0.2) is 108 Å². The first-order chi connectivity index (χ1) is 30.9. The molecule has 16 nitrogen and oxygen atoms in total. The van der Waals surface area contributed by atoms with E-state index in [4.69, 9.17) is 36.9 Å². The SMILES string of the molecule is COC(=O)c1cc2c(Cl)nc(-c3ccccc3)nc2n1S(=O)(=O)c1ccccc1.COC(=O)c1cc2c(NC3CCC(O)CC3)nc(-c3ccccc3)nc2[nH]1.NC1CCC(O)CC1. The summed E-state index contributed by atoms with van der Waals surface area (Å²) in [5.41, 5.74) is 7.84. The number of aromatic nitrogens is 6. The van der Waals surface area contributed by atoms with Crippen LogP contribution in [-0.2, 0) is 19.5 Å². The Balaban J connectivity index is 0.000000163. The summed E-state index contributed by atoms with van der Waals surface area (Å²) in [6.07, 6.45) is 6.84. The number of fused-ring (bicyclic) bond motifs is 2. The number of nitrogens with one attached hydrogen (secondary N) is 2. The molecule has 4 aromatic heterocycles. The molecule has 0 amide bonds. The Morgan fingerprint density at radius 3 is 1.80 bits per heavy atom. The van der Waals surface area contributed by atoms with Gasteiger partial charge in [0.15, 0.2) is 17.3 Å². The van der Waals surface area contributed by atoms with Crippen LogP contribution in [-0.4, -0.2) is 98.0 Å². The molecule has 64 heavy (non-hydrogen) atoms. The number of carbonyl (C=O) groups is 2. The van der Waals surface area contributed by atoms with Gasteiger partial charge in [-0.1, -0.05) is 90.5 Å². The normalized spacial score (nSPS) is 18.5. The molecule has 0 bridgehead atoms. The number of hydrogen-bond acceptors (Lipinski definition) is 14. The van der Waals surface area contributed by atoms with E-state index in [0.29, 0.717) is 34.6 Å². The van der Waals surface area contributed by atoms with E-state index in [1.165, 1.54) is 32.4 Å². The van der Waals surface area contributed by atoms with Crippen LogP contribution in [0, 0.1) is 0 Å². The van der Waals surface area contributed by atoms with Gasteiger partial charge in [0.05, 0.1) is 42.1 Å². The van der Waals surface area contributed by atoms with Crippen molar-refractivity contribution in [1.29, 1.82) is 0 Å². The number of nitrogens with zero attached hydrogens (tertiary/aromatic N) is 5. The highest BCUT2D eigenvalue weighted by atomic mass is 35.5. The van der Waals surface area contributed by atoms with Crippen molar-refractivity contribution in [3.05, 3.63) is 120 Å². The van der Waals surface area contributed by atoms with Gasteiger partial charge in [-0.05, 0) is 75.6 Å². The van der Waals surface area contributed by atoms with Gasteiger partial charge in [-0.3, -0.25) is 0 Å². The summed E-state index contributed by atoms with van der Waals surface area (Å²) in [5.74, 6) is 0.231. The van der Waals surface area contributed by atoms with Crippen LogP contribution in [0.25, 0.3) is 44.8 Å². The van der Waals surface area contributed by atoms with E-state index in [2.05, 4.69) is 25.3 Å². The number of carbonyl (C=O) groups excluding carboxylic acids is 2. The molecule has 7 aromatic rings. The third kappa shape index (κ3) is 10.6. The summed E-state index contributed by atoms with van der Waals surface area (Å²) in [6, 6.07) is 30.1. The Kier molecular flexibility index (Phi) is 14.7. The second-order valence-electron chi connectivity index (χ2n) is 15.5. The van der Waals surface area contributed by atoms with E-state index >= 15 is 0 Å². The van der Waals surface area contributed by atoms with E-state index in [-0.39, 0.29) is 50.9 Å². The van der Waals surface area contributed by atoms with Crippen molar-refractivity contribution in [1.82, 2.24) is 28.9 Å². The molecule has 0 aliphatic heterocycles. The first kappa shape index (κ1) is 45.8. The van der Waals surface area contributed by atoms with E-state index in [1.54, 1.807) is 48.5 Å². The van der Waals surface area contributed by atoms with Crippen LogP contribution < -0.4 is 11.1 Å². The van der Waals surface area contributed by atoms with Crippen molar-refractivity contribution < 1.29 is 37.7 Å². The molecule has 2 saturated carbocycles. The molecule has 0 unspecified atom stereocenters. The summed E-state index contributed by atoms with van der Waals surface area (Å²) in [6.45, 7) is 0. The van der Waals surface area contributed by atoms with Gasteiger partial charge in [-0.15, -0.1) is 0 Å². The lowest BCUT2D eigenvalue weighted by atomic mass is 9.93. The molecule has 6 N–H and O–H groups in total. The maximum Gasteiger partial charge on any atom is 0.355 e. The highest BCUT2D eigenvalue weighted by Gasteiger charge is 2.30. The lowest BCUT2D eigenvalue weighted by molar-refractivity contribution is 0.0585. The minimum atomic E-state index is -4.16. The number of benzene rings is 3. The first-order valence-electron chi connectivity index (χ1n) is 20.8. The summed E-state index contributed by atoms with van der Waals surface area (Å²) in [4.78, 5) is 45.3. The predicted octanol–water partition coefficient (Wildman–Crippen LogP) is 7.15. The number of H-pyrrole nitrogens is 1. The Morgan fingerprint density at radius 1 is 0.719 bits per heavy atom. The molecule has 0 spiro atoms. The monoisotopic (exact) mass is 908 g/mol. The fourth-order valence-corrected chi connectivity index (χ4v) is 9.18. The van der Waals surface area contributed by atoms with Gasteiger partial charge in [0.25, 0.3) is 10.0 Å². The third-order valence-corrected chi connectivity index (χ3v) is 13.0. The quantitative estimate of drug-likeness (QED) is 0.0752. The minimum absolute atomic E-state index is 0.00125. The van der Waals surface area contributed by atoms with E-state index < -0.39 is 22.0 Å². The minimum Gasteiger partial charge on any atom is -0.464 e. The number of ether oxygens (including phenoxy) is 2. The zero-order valence-electron chi connectivity index (χ0n) is 35.2. The van der Waals surface area contributed by atoms with Crippen LogP contribution in [0.2, 0.25) is 5.15 Å². The number of esters is 2. The average Bonchev–Trinajstić information content (AvgIpc) is 3.95. The van der Waals surface area contributed by atoms with Gasteiger partial charge in [0.2, 0.25) is 0 Å². The molecular formula is C46H49ClN8O8S. The van der Waals surface area contributed by atoms with Crippen molar-refractivity contribution in [3.63, 3.8) is 0 Å². The molecule has 2 fully saturated rings. The fraction of sp³-hybridized carbons (Fsp3) is 0.304. The van der Waals surface area contributed by atoms with E-state index in [9.17, 15) is 23.1 Å². The zero-order chi connectivity index (χ0) is 45.4. The van der Waals surface area contributed by atoms with Crippen LogP contribution in [0.1, 0.15) is 72.3 Å². The number of aromatic amines is 1. The maximum absolute atomic E-state index is 13.4. The summed E-state index contributed by atoms with van der Waals surface area (Å²) in [7, 11) is -1.64. The molecule has 0 saturated heterocycles. The smallest absolute Gasteiger partial charge is 0.355 e. The van der Waals surface area contributed by atoms with Crippen molar-refractivity contribution in [2.75, 3.05) is 19.5 Å². The Bertz CT molecular complexity index is 2800. The highest BCUT2D eigenvalue weighted by Crippen LogP contribution is 2.32. The summed E-state index contributed by atoms with van der Waals surface area (Å²) < 4.78 is 37.2. The van der Waals surface area contributed by atoms with Crippen molar-refractivity contribution >= 4 is 61.4 Å². The molecule has 0 radical (unpaired) electrons. The van der Waals surface area contributed by atoms with Gasteiger partial charge in [0, 0.05) is 23.2 Å². The second kappa shape index (κ2) is 20.5. The predicted molar refractivity (Wildman–Crippen MR) is 243 cm³/mol. The van der Waals surface area contributed by atoms with E-state index in [0.717, 1.165) is 66.3 Å². The van der Waals surface area contributed by atoms with Crippen LogP contribution >= 0.6 is 11.6 Å². The summed E-state index contributed by atoms with van der Waals surface area (Å²) in [5, 5.41) is 23.2. The van der Waals surface area contributed by atoms with Gasteiger partial charge in [0.1, 0.15) is 28.0 Å². The topological polar surface area (TPSA) is 238 Å². The average molecular weight is 909 g/mol. The Morgan fingerprint density at radius 2 is 1.25 bits per heavy atom. The molecule has 18 heteroatoms. The lowest BCUT2D eigenvalue weighted by Gasteiger charge is -2.26. The highest BCUT2D eigenvalue weighted by molar-refractivity contribution is 7.90.